The van der Waals surface area contributed by atoms with Crippen molar-refractivity contribution >= 4 is 17.7 Å². The van der Waals surface area contributed by atoms with Crippen molar-refractivity contribution in [3.63, 3.8) is 0 Å². The van der Waals surface area contributed by atoms with Crippen molar-refractivity contribution < 1.29 is 0 Å². The van der Waals surface area contributed by atoms with Crippen LogP contribution in [0.3, 0.4) is 0 Å². The van der Waals surface area contributed by atoms with Crippen LogP contribution in [0.15, 0.2) is 29.8 Å². The van der Waals surface area contributed by atoms with Crippen LogP contribution in [0.25, 0.3) is 6.08 Å². The van der Waals surface area contributed by atoms with Gasteiger partial charge in [0.15, 0.2) is 0 Å². The Bertz CT molecular complexity index is 274. The molecule has 0 aliphatic carbocycles. The quantitative estimate of drug-likeness (QED) is 0.746. The fourth-order valence-corrected chi connectivity index (χ4v) is 1.03. The van der Waals surface area contributed by atoms with Crippen LogP contribution >= 0.6 is 11.6 Å². The first kappa shape index (κ1) is 9.30. The van der Waals surface area contributed by atoms with Gasteiger partial charge in [0.2, 0.25) is 0 Å². The average molecular weight is 182 g/mol. The van der Waals surface area contributed by atoms with Gasteiger partial charge >= 0.3 is 0 Å². The summed E-state index contributed by atoms with van der Waals surface area (Å²) in [4.78, 5) is 0. The molecule has 0 spiro atoms. The van der Waals surface area contributed by atoms with E-state index in [1.54, 1.807) is 0 Å². The van der Waals surface area contributed by atoms with E-state index in [1.807, 2.05) is 31.2 Å². The van der Waals surface area contributed by atoms with E-state index >= 15 is 0 Å². The van der Waals surface area contributed by atoms with E-state index in [4.69, 9.17) is 17.3 Å². The van der Waals surface area contributed by atoms with Gasteiger partial charge in [-0.3, -0.25) is 0 Å². The maximum Gasteiger partial charge on any atom is 0.0406 e. The fourth-order valence-electron chi connectivity index (χ4n) is 0.902. The Kier molecular flexibility index (Phi) is 3.32. The van der Waals surface area contributed by atoms with Gasteiger partial charge in [0, 0.05) is 11.6 Å². The third kappa shape index (κ3) is 2.68. The summed E-state index contributed by atoms with van der Waals surface area (Å²) >= 11 is 5.74. The van der Waals surface area contributed by atoms with E-state index in [2.05, 4.69) is 6.08 Å². The molecule has 0 heterocycles. The van der Waals surface area contributed by atoms with Crippen molar-refractivity contribution in [3.8, 4) is 0 Å². The predicted molar refractivity (Wildman–Crippen MR) is 54.2 cm³/mol. The zero-order valence-corrected chi connectivity index (χ0v) is 7.81. The van der Waals surface area contributed by atoms with Crippen LogP contribution < -0.4 is 5.73 Å². The monoisotopic (exact) mass is 181 g/mol. The molecule has 2 heteroatoms. The van der Waals surface area contributed by atoms with Gasteiger partial charge in [0.05, 0.1) is 0 Å². The van der Waals surface area contributed by atoms with Crippen molar-refractivity contribution in [1.29, 1.82) is 0 Å². The Morgan fingerprint density at radius 2 is 2.00 bits per heavy atom. The number of rotatable bonds is 2. The Balaban J connectivity index is 2.84. The molecule has 2 N–H and O–H groups in total. The number of nitrogens with two attached hydrogens (primary N) is 1. The Morgan fingerprint density at radius 1 is 1.42 bits per heavy atom. The second-order valence-electron chi connectivity index (χ2n) is 2.75. The summed E-state index contributed by atoms with van der Waals surface area (Å²) in [5, 5.41) is 0.762. The molecule has 0 aliphatic heterocycles. The Hall–Kier alpha value is -0.790. The van der Waals surface area contributed by atoms with E-state index in [0.717, 1.165) is 16.2 Å². The molecular formula is C10H12ClN. The number of benzene rings is 1. The van der Waals surface area contributed by atoms with Crippen LogP contribution in [0, 0.1) is 0 Å². The van der Waals surface area contributed by atoms with Crippen LogP contribution in [-0.2, 0) is 0 Å². The van der Waals surface area contributed by atoms with E-state index in [-0.39, 0.29) is 0 Å². The molecular weight excluding hydrogens is 170 g/mol. The van der Waals surface area contributed by atoms with Crippen LogP contribution in [0.1, 0.15) is 12.5 Å². The highest BCUT2D eigenvalue weighted by Crippen LogP contribution is 2.11. The molecule has 0 saturated carbocycles. The third-order valence-electron chi connectivity index (χ3n) is 1.61. The van der Waals surface area contributed by atoms with Crippen molar-refractivity contribution in [1.82, 2.24) is 0 Å². The SMILES string of the molecule is C/C(=C/c1ccc(Cl)cc1)CN. The van der Waals surface area contributed by atoms with Crippen LogP contribution in [0.4, 0.5) is 0 Å². The smallest absolute Gasteiger partial charge is 0.0406 e. The highest BCUT2D eigenvalue weighted by molar-refractivity contribution is 6.30. The zero-order chi connectivity index (χ0) is 8.97. The van der Waals surface area contributed by atoms with Crippen molar-refractivity contribution in [2.24, 2.45) is 5.73 Å². The second-order valence-corrected chi connectivity index (χ2v) is 3.18. The van der Waals surface area contributed by atoms with E-state index in [9.17, 15) is 0 Å². The van der Waals surface area contributed by atoms with Crippen molar-refractivity contribution in [2.75, 3.05) is 6.54 Å². The van der Waals surface area contributed by atoms with Gasteiger partial charge in [0.1, 0.15) is 0 Å². The minimum atomic E-state index is 0.600. The maximum absolute atomic E-state index is 5.74. The summed E-state index contributed by atoms with van der Waals surface area (Å²) in [6.45, 7) is 2.61. The fraction of sp³-hybridized carbons (Fsp3) is 0.200. The summed E-state index contributed by atoms with van der Waals surface area (Å²) in [5.41, 5.74) is 7.76. The first-order chi connectivity index (χ1) is 5.72. The molecule has 0 aromatic heterocycles. The molecule has 1 aromatic carbocycles. The van der Waals surface area contributed by atoms with Gasteiger partial charge in [0.25, 0.3) is 0 Å². The number of hydrogen-bond donors (Lipinski definition) is 1. The summed E-state index contributed by atoms with van der Waals surface area (Å²) in [6, 6.07) is 7.69. The largest absolute Gasteiger partial charge is 0.327 e. The minimum absolute atomic E-state index is 0.600. The average Bonchev–Trinajstić information content (AvgIpc) is 2.09. The molecule has 0 unspecified atom stereocenters. The molecule has 0 fully saturated rings. The van der Waals surface area contributed by atoms with Gasteiger partial charge in [-0.1, -0.05) is 35.4 Å². The van der Waals surface area contributed by atoms with Crippen LogP contribution in [0.2, 0.25) is 5.02 Å². The first-order valence-electron chi connectivity index (χ1n) is 3.85. The predicted octanol–water partition coefficient (Wildman–Crippen LogP) is 2.70. The lowest BCUT2D eigenvalue weighted by Crippen LogP contribution is -1.99. The molecule has 1 rings (SSSR count). The van der Waals surface area contributed by atoms with Gasteiger partial charge < -0.3 is 5.73 Å². The first-order valence-corrected chi connectivity index (χ1v) is 4.23. The number of halogens is 1. The maximum atomic E-state index is 5.74. The molecule has 0 bridgehead atoms. The van der Waals surface area contributed by atoms with Crippen LogP contribution in [0.5, 0.6) is 0 Å². The molecule has 0 amide bonds. The van der Waals surface area contributed by atoms with E-state index in [0.29, 0.717) is 6.54 Å². The third-order valence-corrected chi connectivity index (χ3v) is 1.86. The standard InChI is InChI=1S/C10H12ClN/c1-8(7-12)6-9-2-4-10(11)5-3-9/h2-6H,7,12H2,1H3/b8-6-. The molecule has 0 radical (unpaired) electrons. The van der Waals surface area contributed by atoms with Gasteiger partial charge in [-0.15, -0.1) is 0 Å². The molecule has 0 saturated heterocycles. The van der Waals surface area contributed by atoms with Gasteiger partial charge in [-0.25, -0.2) is 0 Å². The van der Waals surface area contributed by atoms with Crippen molar-refractivity contribution in [3.05, 3.63) is 40.4 Å². The van der Waals surface area contributed by atoms with Gasteiger partial charge in [-0.2, -0.15) is 0 Å². The summed E-state index contributed by atoms with van der Waals surface area (Å²) in [6.07, 6.45) is 2.05. The Morgan fingerprint density at radius 3 is 2.50 bits per heavy atom. The number of hydrogen-bond acceptors (Lipinski definition) is 1. The second kappa shape index (κ2) is 4.29. The summed E-state index contributed by atoms with van der Waals surface area (Å²) in [5.74, 6) is 0. The van der Waals surface area contributed by atoms with Crippen molar-refractivity contribution in [2.45, 2.75) is 6.92 Å². The molecule has 1 aromatic rings. The lowest BCUT2D eigenvalue weighted by atomic mass is 10.1. The Labute approximate surface area is 77.8 Å². The lowest BCUT2D eigenvalue weighted by molar-refractivity contribution is 1.15. The normalized spacial score (nSPS) is 11.8. The topological polar surface area (TPSA) is 26.0 Å². The molecule has 12 heavy (non-hydrogen) atoms. The molecule has 1 nitrogen and oxygen atoms in total. The summed E-state index contributed by atoms with van der Waals surface area (Å²) < 4.78 is 0. The van der Waals surface area contributed by atoms with Gasteiger partial charge in [-0.05, 0) is 24.6 Å². The van der Waals surface area contributed by atoms with E-state index < -0.39 is 0 Å². The summed E-state index contributed by atoms with van der Waals surface area (Å²) in [7, 11) is 0. The van der Waals surface area contributed by atoms with Crippen LogP contribution in [-0.4, -0.2) is 6.54 Å². The lowest BCUT2D eigenvalue weighted by Gasteiger charge is -1.96. The highest BCUT2D eigenvalue weighted by atomic mass is 35.5. The minimum Gasteiger partial charge on any atom is -0.327 e. The highest BCUT2D eigenvalue weighted by Gasteiger charge is 1.89. The molecule has 0 atom stereocenters. The molecule has 64 valence electrons. The zero-order valence-electron chi connectivity index (χ0n) is 7.05. The van der Waals surface area contributed by atoms with E-state index in [1.165, 1.54) is 0 Å². The molecule has 0 aliphatic rings.